The van der Waals surface area contributed by atoms with E-state index in [4.69, 9.17) is 0 Å². The average Bonchev–Trinajstić information content (AvgIpc) is 2.22. The highest BCUT2D eigenvalue weighted by Gasteiger charge is 2.02. The maximum Gasteiger partial charge on any atom is 0.138 e. The van der Waals surface area contributed by atoms with E-state index < -0.39 is 0 Å². The average molecular weight is 205 g/mol. The standard InChI is InChI=1S/C13H19NO/c1-3-14-9-8-13(15)10-12-6-4-11(2)5-7-12/h4-7,14H,3,8-10H2,1-2H3. The van der Waals surface area contributed by atoms with Crippen molar-refractivity contribution in [3.8, 4) is 0 Å². The van der Waals surface area contributed by atoms with E-state index in [2.05, 4.69) is 12.2 Å². The van der Waals surface area contributed by atoms with Gasteiger partial charge in [0, 0.05) is 19.4 Å². The molecule has 0 aromatic heterocycles. The van der Waals surface area contributed by atoms with Gasteiger partial charge < -0.3 is 5.32 Å². The molecule has 2 nitrogen and oxygen atoms in total. The molecule has 0 amide bonds. The van der Waals surface area contributed by atoms with E-state index in [-0.39, 0.29) is 0 Å². The van der Waals surface area contributed by atoms with Crippen LogP contribution in [0.15, 0.2) is 24.3 Å². The van der Waals surface area contributed by atoms with E-state index in [1.165, 1.54) is 5.56 Å². The van der Waals surface area contributed by atoms with Gasteiger partial charge in [0.15, 0.2) is 0 Å². The fraction of sp³-hybridized carbons (Fsp3) is 0.462. The highest BCUT2D eigenvalue weighted by Crippen LogP contribution is 2.05. The minimum absolute atomic E-state index is 0.305. The maximum atomic E-state index is 11.5. The lowest BCUT2D eigenvalue weighted by molar-refractivity contribution is -0.118. The van der Waals surface area contributed by atoms with Gasteiger partial charge >= 0.3 is 0 Å². The van der Waals surface area contributed by atoms with Crippen molar-refractivity contribution in [1.82, 2.24) is 5.32 Å². The molecule has 0 heterocycles. The molecule has 82 valence electrons. The van der Waals surface area contributed by atoms with Crippen molar-refractivity contribution in [3.63, 3.8) is 0 Å². The van der Waals surface area contributed by atoms with Crippen molar-refractivity contribution in [2.24, 2.45) is 0 Å². The number of carbonyl (C=O) groups excluding carboxylic acids is 1. The molecule has 1 rings (SSSR count). The van der Waals surface area contributed by atoms with E-state index >= 15 is 0 Å². The molecule has 0 saturated heterocycles. The van der Waals surface area contributed by atoms with Gasteiger partial charge in [-0.05, 0) is 19.0 Å². The molecule has 0 atom stereocenters. The molecule has 0 saturated carbocycles. The second-order valence-corrected chi connectivity index (χ2v) is 3.80. The van der Waals surface area contributed by atoms with Gasteiger partial charge in [0.05, 0.1) is 0 Å². The highest BCUT2D eigenvalue weighted by molar-refractivity contribution is 5.81. The molecule has 2 heteroatoms. The first-order chi connectivity index (χ1) is 7.22. The fourth-order valence-corrected chi connectivity index (χ4v) is 1.43. The number of hydrogen-bond donors (Lipinski definition) is 1. The van der Waals surface area contributed by atoms with Crippen LogP contribution in [0.25, 0.3) is 0 Å². The van der Waals surface area contributed by atoms with E-state index in [1.807, 2.05) is 31.2 Å². The summed E-state index contributed by atoms with van der Waals surface area (Å²) in [7, 11) is 0. The first-order valence-electron chi connectivity index (χ1n) is 5.50. The van der Waals surface area contributed by atoms with Crippen molar-refractivity contribution in [2.75, 3.05) is 13.1 Å². The van der Waals surface area contributed by atoms with Crippen LogP contribution in [0, 0.1) is 6.92 Å². The third-order valence-electron chi connectivity index (χ3n) is 2.35. The van der Waals surface area contributed by atoms with Crippen molar-refractivity contribution in [2.45, 2.75) is 26.7 Å². The molecule has 1 aromatic rings. The topological polar surface area (TPSA) is 29.1 Å². The van der Waals surface area contributed by atoms with Crippen LogP contribution in [0.3, 0.4) is 0 Å². The van der Waals surface area contributed by atoms with Gasteiger partial charge in [-0.3, -0.25) is 4.79 Å². The summed E-state index contributed by atoms with van der Waals surface area (Å²) in [5.74, 6) is 0.305. The maximum absolute atomic E-state index is 11.5. The zero-order valence-corrected chi connectivity index (χ0v) is 9.55. The van der Waals surface area contributed by atoms with Gasteiger partial charge in [-0.15, -0.1) is 0 Å². The van der Waals surface area contributed by atoms with Crippen LogP contribution in [0.2, 0.25) is 0 Å². The Balaban J connectivity index is 2.34. The number of nitrogens with one attached hydrogen (secondary N) is 1. The zero-order valence-electron chi connectivity index (χ0n) is 9.55. The lowest BCUT2D eigenvalue weighted by Gasteiger charge is -2.02. The smallest absolute Gasteiger partial charge is 0.138 e. The summed E-state index contributed by atoms with van der Waals surface area (Å²) in [4.78, 5) is 11.5. The molecule has 0 radical (unpaired) electrons. The van der Waals surface area contributed by atoms with Gasteiger partial charge in [0.25, 0.3) is 0 Å². The van der Waals surface area contributed by atoms with Gasteiger partial charge in [0.2, 0.25) is 0 Å². The first kappa shape index (κ1) is 11.9. The Kier molecular flexibility index (Phi) is 5.05. The summed E-state index contributed by atoms with van der Waals surface area (Å²) >= 11 is 0. The van der Waals surface area contributed by atoms with Crippen LogP contribution in [0.1, 0.15) is 24.5 Å². The lowest BCUT2D eigenvalue weighted by Crippen LogP contribution is -2.18. The van der Waals surface area contributed by atoms with Gasteiger partial charge in [-0.1, -0.05) is 36.8 Å². The number of ketones is 1. The predicted octanol–water partition coefficient (Wildman–Crippen LogP) is 2.11. The van der Waals surface area contributed by atoms with Crippen molar-refractivity contribution < 1.29 is 4.79 Å². The van der Waals surface area contributed by atoms with Gasteiger partial charge in [-0.2, -0.15) is 0 Å². The fourth-order valence-electron chi connectivity index (χ4n) is 1.43. The minimum atomic E-state index is 0.305. The third kappa shape index (κ3) is 4.75. The molecule has 0 spiro atoms. The minimum Gasteiger partial charge on any atom is -0.317 e. The van der Waals surface area contributed by atoms with E-state index in [0.29, 0.717) is 18.6 Å². The van der Waals surface area contributed by atoms with Crippen LogP contribution < -0.4 is 5.32 Å². The summed E-state index contributed by atoms with van der Waals surface area (Å²) in [6.45, 7) is 5.82. The van der Waals surface area contributed by atoms with Crippen molar-refractivity contribution >= 4 is 5.78 Å². The van der Waals surface area contributed by atoms with E-state index in [0.717, 1.165) is 18.7 Å². The highest BCUT2D eigenvalue weighted by atomic mass is 16.1. The Morgan fingerprint density at radius 2 is 1.93 bits per heavy atom. The number of benzene rings is 1. The Hall–Kier alpha value is -1.15. The number of hydrogen-bond acceptors (Lipinski definition) is 2. The van der Waals surface area contributed by atoms with Crippen molar-refractivity contribution in [3.05, 3.63) is 35.4 Å². The Bertz CT molecular complexity index is 303. The predicted molar refractivity (Wildman–Crippen MR) is 63.1 cm³/mol. The monoisotopic (exact) mass is 205 g/mol. The quantitative estimate of drug-likeness (QED) is 0.721. The molecule has 0 aliphatic heterocycles. The summed E-state index contributed by atoms with van der Waals surface area (Å²) < 4.78 is 0. The van der Waals surface area contributed by atoms with Gasteiger partial charge in [0.1, 0.15) is 5.78 Å². The van der Waals surface area contributed by atoms with Crippen LogP contribution in [0.4, 0.5) is 0 Å². The number of aryl methyl sites for hydroxylation is 1. The summed E-state index contributed by atoms with van der Waals surface area (Å²) in [5.41, 5.74) is 2.35. The first-order valence-corrected chi connectivity index (χ1v) is 5.50. The Morgan fingerprint density at radius 1 is 1.27 bits per heavy atom. The van der Waals surface area contributed by atoms with Gasteiger partial charge in [-0.25, -0.2) is 0 Å². The summed E-state index contributed by atoms with van der Waals surface area (Å²) in [6.07, 6.45) is 1.19. The molecule has 0 fully saturated rings. The molecule has 0 aliphatic carbocycles. The largest absolute Gasteiger partial charge is 0.317 e. The molecule has 1 N–H and O–H groups in total. The van der Waals surface area contributed by atoms with Crippen molar-refractivity contribution in [1.29, 1.82) is 0 Å². The Morgan fingerprint density at radius 3 is 2.53 bits per heavy atom. The Labute approximate surface area is 91.7 Å². The van der Waals surface area contributed by atoms with Crippen LogP contribution in [0.5, 0.6) is 0 Å². The summed E-state index contributed by atoms with van der Waals surface area (Å²) in [5, 5.41) is 3.15. The third-order valence-corrected chi connectivity index (χ3v) is 2.35. The SMILES string of the molecule is CCNCCC(=O)Cc1ccc(C)cc1. The van der Waals surface area contributed by atoms with E-state index in [9.17, 15) is 4.79 Å². The molecule has 0 aliphatic rings. The molecule has 0 unspecified atom stereocenters. The second-order valence-electron chi connectivity index (χ2n) is 3.80. The molecular formula is C13H19NO. The number of Topliss-reactive ketones (excluding diaryl/α,β-unsaturated/α-hetero) is 1. The zero-order chi connectivity index (χ0) is 11.1. The second kappa shape index (κ2) is 6.36. The van der Waals surface area contributed by atoms with Crippen LogP contribution in [-0.4, -0.2) is 18.9 Å². The molecular weight excluding hydrogens is 186 g/mol. The number of carbonyl (C=O) groups is 1. The van der Waals surface area contributed by atoms with Crippen LogP contribution >= 0.6 is 0 Å². The molecule has 15 heavy (non-hydrogen) atoms. The van der Waals surface area contributed by atoms with E-state index in [1.54, 1.807) is 0 Å². The lowest BCUT2D eigenvalue weighted by atomic mass is 10.1. The molecule has 0 bridgehead atoms. The van der Waals surface area contributed by atoms with Crippen LogP contribution in [-0.2, 0) is 11.2 Å². The molecule has 1 aromatic carbocycles. The summed E-state index contributed by atoms with van der Waals surface area (Å²) in [6, 6.07) is 8.15. The normalized spacial score (nSPS) is 10.3. The number of rotatable bonds is 6.